The third-order valence-corrected chi connectivity index (χ3v) is 0. The summed E-state index contributed by atoms with van der Waals surface area (Å²) in [5.41, 5.74) is 37.0. The maximum atomic E-state index is 4.62. The summed E-state index contributed by atoms with van der Waals surface area (Å²) in [6.07, 6.45) is 0. The molecule has 0 unspecified atom stereocenters. The molecule has 0 aliphatic carbocycles. The Balaban J connectivity index is -0.0000000192. The molecular weight excluding hydrogens is 423 g/mol. The first-order chi connectivity index (χ1) is 6.93. The van der Waals surface area contributed by atoms with Gasteiger partial charge in [-0.15, -0.1) is 0 Å². The van der Waals surface area contributed by atoms with Crippen molar-refractivity contribution in [2.45, 2.75) is 0 Å². The summed E-state index contributed by atoms with van der Waals surface area (Å²) < 4.78 is 0. The third kappa shape index (κ3) is 227000. The van der Waals surface area contributed by atoms with Gasteiger partial charge in [0.2, 0.25) is 0 Å². The Morgan fingerprint density at radius 2 is 0.421 bits per heavy atom. The zero-order valence-electron chi connectivity index (χ0n) is 9.31. The molecule has 19 heavy (non-hydrogen) atoms. The molecule has 0 bridgehead atoms. The third-order valence-electron chi connectivity index (χ3n) is 0. The van der Waals surface area contributed by atoms with Gasteiger partial charge in [0.25, 0.3) is 0 Å². The van der Waals surface area contributed by atoms with Crippen molar-refractivity contribution in [3.63, 3.8) is 0 Å². The SMILES string of the molecule is NC(N)=S.NC(N)=S.NC(N)=S.NC(N)=S.[Cl-].[Cl-].[Cu+2]. The number of rotatable bonds is 0. The second-order valence-electron chi connectivity index (χ2n) is 1.61. The molecule has 16 N–H and O–H groups in total. The molecule has 0 aliphatic rings. The monoisotopic (exact) mass is 437 g/mol. The molecule has 0 rings (SSSR count). The minimum atomic E-state index is 0. The standard InChI is InChI=1S/4CH4N2S.2ClH.Cu/c4*2-1(3)4;;;/h4*(H4,2,3,4);2*1H;/q;;;;;;+2/p-2. The molecule has 0 aliphatic heterocycles. The first-order valence-corrected chi connectivity index (χ1v) is 4.76. The van der Waals surface area contributed by atoms with Gasteiger partial charge in [0.05, 0.1) is 0 Å². The van der Waals surface area contributed by atoms with E-state index in [0.29, 0.717) is 0 Å². The van der Waals surface area contributed by atoms with Crippen molar-refractivity contribution in [1.82, 2.24) is 0 Å². The average Bonchev–Trinajstić information content (AvgIpc) is 1.76. The fourth-order valence-corrected chi connectivity index (χ4v) is 0. The molecule has 0 aromatic carbocycles. The molecule has 0 fully saturated rings. The van der Waals surface area contributed by atoms with E-state index in [1.54, 1.807) is 0 Å². The van der Waals surface area contributed by atoms with Crippen molar-refractivity contribution in [3.8, 4) is 0 Å². The molecule has 15 heteroatoms. The summed E-state index contributed by atoms with van der Waals surface area (Å²) in [7, 11) is 0. The molecule has 0 saturated carbocycles. The first kappa shape index (κ1) is 42.8. The van der Waals surface area contributed by atoms with Crippen LogP contribution in [0.15, 0.2) is 0 Å². The van der Waals surface area contributed by atoms with Gasteiger partial charge in [-0.05, 0) is 48.9 Å². The minimum Gasteiger partial charge on any atom is -1.00 e. The van der Waals surface area contributed by atoms with E-state index >= 15 is 0 Å². The maximum absolute atomic E-state index is 4.62. The summed E-state index contributed by atoms with van der Waals surface area (Å²) in [6.45, 7) is 0. The molecule has 0 amide bonds. The van der Waals surface area contributed by atoms with Crippen molar-refractivity contribution in [1.29, 1.82) is 0 Å². The van der Waals surface area contributed by atoms with Crippen molar-refractivity contribution in [2.24, 2.45) is 45.9 Å². The van der Waals surface area contributed by atoms with Crippen LogP contribution in [0.2, 0.25) is 0 Å². The summed E-state index contributed by atoms with van der Waals surface area (Å²) >= 11 is 16.4. The van der Waals surface area contributed by atoms with E-state index in [1.807, 2.05) is 0 Å². The summed E-state index contributed by atoms with van der Waals surface area (Å²) in [6, 6.07) is 0. The van der Waals surface area contributed by atoms with Crippen LogP contribution in [-0.4, -0.2) is 20.4 Å². The summed E-state index contributed by atoms with van der Waals surface area (Å²) in [5.74, 6) is 0. The molecule has 0 atom stereocenters. The fraction of sp³-hybridized carbons (Fsp3) is 0. The molecular formula is C4H16Cl2CuN8S4. The smallest absolute Gasteiger partial charge is 1.00 e. The van der Waals surface area contributed by atoms with Crippen molar-refractivity contribution in [2.75, 3.05) is 0 Å². The Hall–Kier alpha value is -0.141. The predicted octanol–water partition coefficient (Wildman–Crippen LogP) is -9.24. The zero-order chi connectivity index (χ0) is 14.3. The molecule has 8 nitrogen and oxygen atoms in total. The van der Waals surface area contributed by atoms with Gasteiger partial charge in [0.15, 0.2) is 20.4 Å². The van der Waals surface area contributed by atoms with E-state index in [4.69, 9.17) is 0 Å². The van der Waals surface area contributed by atoms with Gasteiger partial charge in [-0.3, -0.25) is 0 Å². The zero-order valence-corrected chi connectivity index (χ0v) is 15.0. The van der Waals surface area contributed by atoms with Crippen molar-refractivity contribution >= 4 is 69.3 Å². The van der Waals surface area contributed by atoms with Crippen LogP contribution in [0.1, 0.15) is 0 Å². The van der Waals surface area contributed by atoms with Gasteiger partial charge in [0, 0.05) is 0 Å². The molecule has 0 spiro atoms. The van der Waals surface area contributed by atoms with E-state index in [9.17, 15) is 0 Å². The van der Waals surface area contributed by atoms with Crippen LogP contribution in [0.25, 0.3) is 0 Å². The minimum absolute atomic E-state index is 0. The Morgan fingerprint density at radius 3 is 0.421 bits per heavy atom. The molecule has 0 aromatic heterocycles. The van der Waals surface area contributed by atoms with Gasteiger partial charge in [-0.25, -0.2) is 0 Å². The normalized spacial score (nSPS) is 5.05. The number of thiocarbonyl (C=S) groups is 4. The Kier molecular flexibility index (Phi) is 81.2. The van der Waals surface area contributed by atoms with Crippen molar-refractivity contribution < 1.29 is 41.9 Å². The Morgan fingerprint density at radius 1 is 0.421 bits per heavy atom. The number of nitrogens with two attached hydrogens (primary N) is 8. The van der Waals surface area contributed by atoms with Crippen LogP contribution < -0.4 is 70.7 Å². The second kappa shape index (κ2) is 36.1. The molecule has 0 heterocycles. The van der Waals surface area contributed by atoms with Gasteiger partial charge in [-0.2, -0.15) is 0 Å². The number of hydrogen-bond acceptors (Lipinski definition) is 4. The van der Waals surface area contributed by atoms with E-state index in [0.717, 1.165) is 0 Å². The van der Waals surface area contributed by atoms with Gasteiger partial charge < -0.3 is 70.7 Å². The van der Waals surface area contributed by atoms with E-state index in [-0.39, 0.29) is 62.3 Å². The number of hydrogen-bond donors (Lipinski definition) is 8. The van der Waals surface area contributed by atoms with Crippen LogP contribution >= 0.6 is 48.9 Å². The van der Waals surface area contributed by atoms with Gasteiger partial charge >= 0.3 is 17.1 Å². The topological polar surface area (TPSA) is 208 Å². The van der Waals surface area contributed by atoms with Gasteiger partial charge in [0.1, 0.15) is 0 Å². The summed E-state index contributed by atoms with van der Waals surface area (Å²) in [4.78, 5) is 0. The van der Waals surface area contributed by atoms with E-state index < -0.39 is 0 Å². The predicted molar refractivity (Wildman–Crippen MR) is 83.9 cm³/mol. The quantitative estimate of drug-likeness (QED) is 0.131. The van der Waals surface area contributed by atoms with Crippen molar-refractivity contribution in [3.05, 3.63) is 0 Å². The van der Waals surface area contributed by atoms with Gasteiger partial charge in [-0.1, -0.05) is 0 Å². The fourth-order valence-electron chi connectivity index (χ4n) is 0. The second-order valence-corrected chi connectivity index (χ2v) is 3.50. The number of halogens is 2. The van der Waals surface area contributed by atoms with Crippen LogP contribution in [0, 0.1) is 0 Å². The van der Waals surface area contributed by atoms with E-state index in [1.165, 1.54) is 0 Å². The van der Waals surface area contributed by atoms with Crippen LogP contribution in [0.3, 0.4) is 0 Å². The molecule has 1 radical (unpaired) electrons. The maximum Gasteiger partial charge on any atom is 2.00 e. The van der Waals surface area contributed by atoms with E-state index in [2.05, 4.69) is 94.7 Å². The summed E-state index contributed by atoms with van der Waals surface area (Å²) in [5, 5.41) is 0.000000000000000888. The molecule has 121 valence electrons. The Labute approximate surface area is 156 Å². The molecule has 0 saturated heterocycles. The van der Waals surface area contributed by atoms with Crippen LogP contribution in [0.4, 0.5) is 0 Å². The van der Waals surface area contributed by atoms with Crippen LogP contribution in [0.5, 0.6) is 0 Å². The molecule has 0 aromatic rings. The van der Waals surface area contributed by atoms with Crippen LogP contribution in [-0.2, 0) is 17.1 Å². The first-order valence-electron chi connectivity index (χ1n) is 3.13. The largest absolute Gasteiger partial charge is 2.00 e. The average molecular weight is 439 g/mol. The Bertz CT molecular complexity index is 179.